The SMILES string of the molecule is COc1cc(/C=C/C=C(\C#N)C(=O)NCc2ccc(C)c(O)c2)ccc1O. The van der Waals surface area contributed by atoms with Gasteiger partial charge in [0.05, 0.1) is 7.11 Å². The smallest absolute Gasteiger partial charge is 0.262 e. The van der Waals surface area contributed by atoms with Gasteiger partial charge < -0.3 is 20.3 Å². The van der Waals surface area contributed by atoms with Crippen LogP contribution in [0.3, 0.4) is 0 Å². The van der Waals surface area contributed by atoms with Crippen molar-refractivity contribution in [1.29, 1.82) is 5.26 Å². The molecule has 0 saturated carbocycles. The number of phenolic OH excluding ortho intramolecular Hbond substituents is 2. The van der Waals surface area contributed by atoms with E-state index in [1.54, 1.807) is 49.4 Å². The van der Waals surface area contributed by atoms with Crippen molar-refractivity contribution >= 4 is 12.0 Å². The first-order valence-electron chi connectivity index (χ1n) is 8.16. The third-order valence-electron chi connectivity index (χ3n) is 3.85. The van der Waals surface area contributed by atoms with Gasteiger partial charge in [-0.2, -0.15) is 5.26 Å². The lowest BCUT2D eigenvalue weighted by molar-refractivity contribution is -0.117. The number of aryl methyl sites for hydroxylation is 1. The summed E-state index contributed by atoms with van der Waals surface area (Å²) in [6, 6.07) is 11.8. The maximum atomic E-state index is 12.1. The van der Waals surface area contributed by atoms with Gasteiger partial charge in [-0.25, -0.2) is 0 Å². The number of nitriles is 1. The summed E-state index contributed by atoms with van der Waals surface area (Å²) in [6.45, 7) is 1.98. The highest BCUT2D eigenvalue weighted by molar-refractivity contribution is 5.97. The van der Waals surface area contributed by atoms with Crippen molar-refractivity contribution < 1.29 is 19.7 Å². The fraction of sp³-hybridized carbons (Fsp3) is 0.143. The van der Waals surface area contributed by atoms with E-state index in [0.717, 1.165) is 16.7 Å². The number of amides is 1. The number of hydrogen-bond acceptors (Lipinski definition) is 5. The van der Waals surface area contributed by atoms with Crippen LogP contribution in [0.2, 0.25) is 0 Å². The molecule has 138 valence electrons. The number of ether oxygens (including phenoxy) is 1. The molecule has 0 fully saturated rings. The predicted molar refractivity (Wildman–Crippen MR) is 102 cm³/mol. The molecule has 6 nitrogen and oxygen atoms in total. The van der Waals surface area contributed by atoms with E-state index in [1.807, 2.05) is 6.07 Å². The van der Waals surface area contributed by atoms with Crippen LogP contribution in [0, 0.1) is 18.3 Å². The number of benzene rings is 2. The van der Waals surface area contributed by atoms with Gasteiger partial charge in [-0.1, -0.05) is 30.4 Å². The average molecular weight is 364 g/mol. The molecule has 0 bridgehead atoms. The molecule has 0 aromatic heterocycles. The summed E-state index contributed by atoms with van der Waals surface area (Å²) in [7, 11) is 1.45. The van der Waals surface area contributed by atoms with Crippen molar-refractivity contribution in [2.45, 2.75) is 13.5 Å². The Hall–Kier alpha value is -3.72. The number of allylic oxidation sites excluding steroid dienone is 2. The van der Waals surface area contributed by atoms with Crippen LogP contribution in [0.25, 0.3) is 6.08 Å². The number of rotatable bonds is 6. The summed E-state index contributed by atoms with van der Waals surface area (Å²) in [5.74, 6) is 0.0146. The molecule has 1 amide bonds. The number of nitrogens with zero attached hydrogens (tertiary/aromatic N) is 1. The van der Waals surface area contributed by atoms with Crippen LogP contribution in [0.4, 0.5) is 0 Å². The van der Waals surface area contributed by atoms with Crippen molar-refractivity contribution in [1.82, 2.24) is 5.32 Å². The summed E-state index contributed by atoms with van der Waals surface area (Å²) in [5.41, 5.74) is 2.18. The van der Waals surface area contributed by atoms with E-state index in [-0.39, 0.29) is 23.6 Å². The Morgan fingerprint density at radius 3 is 2.67 bits per heavy atom. The van der Waals surface area contributed by atoms with Crippen LogP contribution in [0.5, 0.6) is 17.2 Å². The Bertz CT molecular complexity index is 940. The highest BCUT2D eigenvalue weighted by atomic mass is 16.5. The third kappa shape index (κ3) is 5.38. The summed E-state index contributed by atoms with van der Waals surface area (Å²) in [5, 5.41) is 31.1. The first kappa shape index (κ1) is 19.6. The topological polar surface area (TPSA) is 103 Å². The van der Waals surface area contributed by atoms with Crippen LogP contribution in [0.15, 0.2) is 54.1 Å². The van der Waals surface area contributed by atoms with Gasteiger partial charge in [-0.15, -0.1) is 0 Å². The quantitative estimate of drug-likeness (QED) is 0.415. The molecule has 0 atom stereocenters. The molecular weight excluding hydrogens is 344 g/mol. The molecule has 0 heterocycles. The molecule has 0 unspecified atom stereocenters. The number of carbonyl (C=O) groups excluding carboxylic acids is 1. The lowest BCUT2D eigenvalue weighted by Crippen LogP contribution is -2.23. The predicted octanol–water partition coefficient (Wildman–Crippen LogP) is 3.19. The lowest BCUT2D eigenvalue weighted by Gasteiger charge is -2.06. The minimum absolute atomic E-state index is 0.0319. The van der Waals surface area contributed by atoms with Gasteiger partial charge in [0.15, 0.2) is 11.5 Å². The van der Waals surface area contributed by atoms with Crippen LogP contribution >= 0.6 is 0 Å². The van der Waals surface area contributed by atoms with Gasteiger partial charge >= 0.3 is 0 Å². The number of hydrogen-bond donors (Lipinski definition) is 3. The van der Waals surface area contributed by atoms with Gasteiger partial charge in [-0.05, 0) is 47.9 Å². The summed E-state index contributed by atoms with van der Waals surface area (Å²) in [6.07, 6.45) is 4.66. The average Bonchev–Trinajstić information content (AvgIpc) is 2.67. The van der Waals surface area contributed by atoms with E-state index < -0.39 is 5.91 Å². The molecule has 2 aromatic carbocycles. The van der Waals surface area contributed by atoms with Gasteiger partial charge in [0, 0.05) is 6.54 Å². The molecule has 0 saturated heterocycles. The lowest BCUT2D eigenvalue weighted by atomic mass is 10.1. The molecule has 2 aromatic rings. The molecule has 0 radical (unpaired) electrons. The molecular formula is C21H20N2O4. The van der Waals surface area contributed by atoms with E-state index in [0.29, 0.717) is 5.75 Å². The Kier molecular flexibility index (Phi) is 6.61. The van der Waals surface area contributed by atoms with Gasteiger partial charge in [0.2, 0.25) is 0 Å². The zero-order valence-electron chi connectivity index (χ0n) is 15.1. The standard InChI is InChI=1S/C21H20N2O4/c1-14-6-7-16(10-19(14)25)13-23-21(26)17(12-22)5-3-4-15-8-9-18(24)20(11-15)27-2/h3-11,24-25H,13H2,1-2H3,(H,23,26)/b4-3+,17-5+. The van der Waals surface area contributed by atoms with Crippen LogP contribution in [-0.4, -0.2) is 23.2 Å². The number of phenols is 2. The van der Waals surface area contributed by atoms with Crippen LogP contribution in [0.1, 0.15) is 16.7 Å². The van der Waals surface area contributed by atoms with E-state index >= 15 is 0 Å². The van der Waals surface area contributed by atoms with E-state index in [2.05, 4.69) is 5.32 Å². The molecule has 3 N–H and O–H groups in total. The zero-order chi connectivity index (χ0) is 19.8. The summed E-state index contributed by atoms with van der Waals surface area (Å²) in [4.78, 5) is 12.1. The van der Waals surface area contributed by atoms with E-state index in [4.69, 9.17) is 4.74 Å². The first-order valence-corrected chi connectivity index (χ1v) is 8.16. The molecule has 27 heavy (non-hydrogen) atoms. The maximum Gasteiger partial charge on any atom is 0.262 e. The minimum Gasteiger partial charge on any atom is -0.508 e. The van der Waals surface area contributed by atoms with Crippen LogP contribution < -0.4 is 10.1 Å². The zero-order valence-corrected chi connectivity index (χ0v) is 15.1. The fourth-order valence-electron chi connectivity index (χ4n) is 2.26. The molecule has 6 heteroatoms. The second-order valence-electron chi connectivity index (χ2n) is 5.79. The van der Waals surface area contributed by atoms with E-state index in [9.17, 15) is 20.3 Å². The van der Waals surface area contributed by atoms with E-state index in [1.165, 1.54) is 19.3 Å². The molecule has 0 aliphatic carbocycles. The Morgan fingerprint density at radius 1 is 1.22 bits per heavy atom. The summed E-state index contributed by atoms with van der Waals surface area (Å²) < 4.78 is 5.03. The number of methoxy groups -OCH3 is 1. The molecule has 2 rings (SSSR count). The molecule has 0 aliphatic heterocycles. The van der Waals surface area contributed by atoms with Crippen molar-refractivity contribution in [3.05, 3.63) is 70.8 Å². The van der Waals surface area contributed by atoms with Crippen molar-refractivity contribution in [3.63, 3.8) is 0 Å². The van der Waals surface area contributed by atoms with Crippen molar-refractivity contribution in [3.8, 4) is 23.3 Å². The van der Waals surface area contributed by atoms with Crippen molar-refractivity contribution in [2.75, 3.05) is 7.11 Å². The van der Waals surface area contributed by atoms with Gasteiger partial charge in [0.25, 0.3) is 5.91 Å². The minimum atomic E-state index is -0.509. The monoisotopic (exact) mass is 364 g/mol. The highest BCUT2D eigenvalue weighted by Gasteiger charge is 2.08. The van der Waals surface area contributed by atoms with Crippen molar-refractivity contribution in [2.24, 2.45) is 0 Å². The third-order valence-corrected chi connectivity index (χ3v) is 3.85. The molecule has 0 aliphatic rings. The number of aromatic hydroxyl groups is 2. The number of nitrogens with one attached hydrogen (secondary N) is 1. The summed E-state index contributed by atoms with van der Waals surface area (Å²) >= 11 is 0. The van der Waals surface area contributed by atoms with Crippen LogP contribution in [-0.2, 0) is 11.3 Å². The normalized spacial score (nSPS) is 11.2. The Labute approximate surface area is 157 Å². The second kappa shape index (κ2) is 9.11. The molecule has 0 spiro atoms. The largest absolute Gasteiger partial charge is 0.508 e. The Morgan fingerprint density at radius 2 is 2.00 bits per heavy atom. The Balaban J connectivity index is 2.03. The van der Waals surface area contributed by atoms with Gasteiger partial charge in [-0.3, -0.25) is 4.79 Å². The number of carbonyl (C=O) groups is 1. The first-order chi connectivity index (χ1) is 12.9. The fourth-order valence-corrected chi connectivity index (χ4v) is 2.26. The highest BCUT2D eigenvalue weighted by Crippen LogP contribution is 2.26. The second-order valence-corrected chi connectivity index (χ2v) is 5.79. The van der Waals surface area contributed by atoms with Gasteiger partial charge in [0.1, 0.15) is 17.4 Å². The maximum absolute atomic E-state index is 12.1.